The Morgan fingerprint density at radius 3 is 2.60 bits per heavy atom. The molecular formula is C10H13N5. The minimum absolute atomic E-state index is 0.399. The van der Waals surface area contributed by atoms with Crippen molar-refractivity contribution in [3.05, 3.63) is 43.1 Å². The number of hydrogen-bond acceptors (Lipinski definition) is 5. The van der Waals surface area contributed by atoms with Gasteiger partial charge in [-0.15, -0.1) is 5.10 Å². The summed E-state index contributed by atoms with van der Waals surface area (Å²) in [5, 5.41) is 9.26. The smallest absolute Gasteiger partial charge is 0.240 e. The summed E-state index contributed by atoms with van der Waals surface area (Å²) in [5.41, 5.74) is 6.71. The Morgan fingerprint density at radius 1 is 1.33 bits per heavy atom. The van der Waals surface area contributed by atoms with Crippen molar-refractivity contribution in [3.63, 3.8) is 0 Å². The maximum absolute atomic E-state index is 5.73. The third kappa shape index (κ3) is 1.48. The zero-order valence-corrected chi connectivity index (χ0v) is 8.54. The molecule has 1 aliphatic heterocycles. The Kier molecular flexibility index (Phi) is 2.21. The first-order chi connectivity index (χ1) is 7.24. The van der Waals surface area contributed by atoms with Gasteiger partial charge >= 0.3 is 0 Å². The number of rotatable bonds is 2. The van der Waals surface area contributed by atoms with Gasteiger partial charge in [0, 0.05) is 13.2 Å². The summed E-state index contributed by atoms with van der Waals surface area (Å²) in [6, 6.07) is 9.82. The lowest BCUT2D eigenvalue weighted by Gasteiger charge is -2.30. The Labute approximate surface area is 88.6 Å². The Morgan fingerprint density at radius 2 is 2.00 bits per heavy atom. The highest BCUT2D eigenvalue weighted by molar-refractivity contribution is 5.82. The number of guanidine groups is 1. The number of hydrogen-bond donors (Lipinski definition) is 1. The molecule has 1 aromatic carbocycles. The second-order valence-corrected chi connectivity index (χ2v) is 3.10. The monoisotopic (exact) mass is 203 g/mol. The molecule has 0 saturated heterocycles. The fourth-order valence-corrected chi connectivity index (χ4v) is 1.50. The van der Waals surface area contributed by atoms with E-state index in [0.29, 0.717) is 5.96 Å². The zero-order valence-electron chi connectivity index (χ0n) is 8.54. The standard InChI is InChI=1S/C10H13N5/c1-3-14-10(11)12-13(2)15(14)9-7-5-4-6-8-9/h3-8H,1H2,2H3,(H2,11,12). The van der Waals surface area contributed by atoms with Gasteiger partial charge in [0.25, 0.3) is 0 Å². The molecule has 15 heavy (non-hydrogen) atoms. The number of nitrogens with two attached hydrogens (primary N) is 1. The predicted octanol–water partition coefficient (Wildman–Crippen LogP) is 0.944. The molecule has 0 bridgehead atoms. The van der Waals surface area contributed by atoms with E-state index in [4.69, 9.17) is 5.73 Å². The lowest BCUT2D eigenvalue weighted by Crippen LogP contribution is -2.45. The highest BCUT2D eigenvalue weighted by atomic mass is 16.0. The van der Waals surface area contributed by atoms with Gasteiger partial charge in [0.2, 0.25) is 5.96 Å². The van der Waals surface area contributed by atoms with E-state index >= 15 is 0 Å². The van der Waals surface area contributed by atoms with E-state index in [1.807, 2.05) is 42.5 Å². The largest absolute Gasteiger partial charge is 0.366 e. The number of para-hydroxylation sites is 1. The molecule has 1 aromatic rings. The lowest BCUT2D eigenvalue weighted by molar-refractivity contribution is 0.268. The van der Waals surface area contributed by atoms with Gasteiger partial charge in [-0.25, -0.2) is 5.01 Å². The summed E-state index contributed by atoms with van der Waals surface area (Å²) in [6.07, 6.45) is 1.62. The number of nitrogens with zero attached hydrogens (tertiary/aromatic N) is 4. The van der Waals surface area contributed by atoms with Crippen LogP contribution in [0.15, 0.2) is 48.2 Å². The number of hydrazine groups is 2. The molecule has 1 aliphatic rings. The molecule has 2 rings (SSSR count). The minimum atomic E-state index is 0.399. The van der Waals surface area contributed by atoms with Crippen LogP contribution in [-0.4, -0.2) is 23.1 Å². The first kappa shape index (κ1) is 9.39. The first-order valence-corrected chi connectivity index (χ1v) is 4.58. The van der Waals surface area contributed by atoms with Gasteiger partial charge in [-0.1, -0.05) is 24.8 Å². The SMILES string of the molecule is C=CN1C(N)=NN(C)N1c1ccccc1. The van der Waals surface area contributed by atoms with Crippen LogP contribution in [0.2, 0.25) is 0 Å². The lowest BCUT2D eigenvalue weighted by atomic mass is 10.3. The summed E-state index contributed by atoms with van der Waals surface area (Å²) in [6.45, 7) is 3.70. The fraction of sp³-hybridized carbons (Fsp3) is 0.100. The molecule has 1 heterocycles. The fourth-order valence-electron chi connectivity index (χ4n) is 1.50. The summed E-state index contributed by atoms with van der Waals surface area (Å²) >= 11 is 0. The third-order valence-electron chi connectivity index (χ3n) is 2.12. The van der Waals surface area contributed by atoms with E-state index in [2.05, 4.69) is 11.7 Å². The number of benzene rings is 1. The summed E-state index contributed by atoms with van der Waals surface area (Å²) in [4.78, 5) is 0. The Bertz CT molecular complexity index is 386. The molecule has 0 amide bonds. The molecule has 0 saturated carbocycles. The molecule has 5 nitrogen and oxygen atoms in total. The van der Waals surface area contributed by atoms with Crippen LogP contribution < -0.4 is 10.9 Å². The Balaban J connectivity index is 2.34. The van der Waals surface area contributed by atoms with Crippen molar-refractivity contribution in [3.8, 4) is 0 Å². The highest BCUT2D eigenvalue weighted by Gasteiger charge is 2.26. The molecule has 0 aromatic heterocycles. The summed E-state index contributed by atoms with van der Waals surface area (Å²) < 4.78 is 0. The molecule has 2 N–H and O–H groups in total. The van der Waals surface area contributed by atoms with E-state index < -0.39 is 0 Å². The van der Waals surface area contributed by atoms with Crippen molar-refractivity contribution in [2.24, 2.45) is 10.8 Å². The molecule has 0 aliphatic carbocycles. The predicted molar refractivity (Wildman–Crippen MR) is 60.3 cm³/mol. The normalized spacial score (nSPS) is 15.5. The summed E-state index contributed by atoms with van der Waals surface area (Å²) in [5.74, 6) is 0.399. The van der Waals surface area contributed by atoms with Gasteiger partial charge in [-0.05, 0) is 12.1 Å². The van der Waals surface area contributed by atoms with Crippen LogP contribution in [0.25, 0.3) is 0 Å². The highest BCUT2D eigenvalue weighted by Crippen LogP contribution is 2.21. The molecule has 0 spiro atoms. The van der Waals surface area contributed by atoms with Crippen molar-refractivity contribution in [2.75, 3.05) is 12.2 Å². The van der Waals surface area contributed by atoms with Crippen molar-refractivity contribution < 1.29 is 0 Å². The average molecular weight is 203 g/mol. The molecule has 78 valence electrons. The van der Waals surface area contributed by atoms with Crippen molar-refractivity contribution in [1.29, 1.82) is 0 Å². The molecule has 0 atom stereocenters. The van der Waals surface area contributed by atoms with Gasteiger partial charge in [-0.3, -0.25) is 0 Å². The average Bonchev–Trinajstić information content (AvgIpc) is 2.54. The quantitative estimate of drug-likeness (QED) is 0.777. The van der Waals surface area contributed by atoms with Crippen LogP contribution in [0.1, 0.15) is 0 Å². The van der Waals surface area contributed by atoms with Crippen LogP contribution in [0, 0.1) is 0 Å². The van der Waals surface area contributed by atoms with Crippen LogP contribution in [0.5, 0.6) is 0 Å². The molecular weight excluding hydrogens is 190 g/mol. The van der Waals surface area contributed by atoms with Gasteiger partial charge in [0.05, 0.1) is 5.69 Å². The van der Waals surface area contributed by atoms with Crippen LogP contribution in [-0.2, 0) is 0 Å². The van der Waals surface area contributed by atoms with E-state index in [1.165, 1.54) is 0 Å². The van der Waals surface area contributed by atoms with Gasteiger partial charge in [0.1, 0.15) is 0 Å². The van der Waals surface area contributed by atoms with Crippen LogP contribution in [0.4, 0.5) is 5.69 Å². The second kappa shape index (κ2) is 3.53. The number of hydrazone groups is 1. The van der Waals surface area contributed by atoms with E-state index in [-0.39, 0.29) is 0 Å². The molecule has 0 unspecified atom stereocenters. The Hall–Kier alpha value is -2.17. The van der Waals surface area contributed by atoms with E-state index in [1.54, 1.807) is 16.3 Å². The maximum Gasteiger partial charge on any atom is 0.240 e. The topological polar surface area (TPSA) is 48.1 Å². The molecule has 0 fully saturated rings. The molecule has 5 heteroatoms. The zero-order chi connectivity index (χ0) is 10.8. The second-order valence-electron chi connectivity index (χ2n) is 3.10. The van der Waals surface area contributed by atoms with Crippen molar-refractivity contribution in [1.82, 2.24) is 10.1 Å². The first-order valence-electron chi connectivity index (χ1n) is 4.58. The van der Waals surface area contributed by atoms with Gasteiger partial charge in [0.15, 0.2) is 0 Å². The van der Waals surface area contributed by atoms with Crippen molar-refractivity contribution in [2.45, 2.75) is 0 Å². The van der Waals surface area contributed by atoms with Crippen LogP contribution >= 0.6 is 0 Å². The van der Waals surface area contributed by atoms with E-state index in [9.17, 15) is 0 Å². The summed E-state index contributed by atoms with van der Waals surface area (Å²) in [7, 11) is 1.82. The molecule has 0 radical (unpaired) electrons. The van der Waals surface area contributed by atoms with Crippen LogP contribution in [0.3, 0.4) is 0 Å². The minimum Gasteiger partial charge on any atom is -0.366 e. The van der Waals surface area contributed by atoms with E-state index in [0.717, 1.165) is 5.69 Å². The third-order valence-corrected chi connectivity index (χ3v) is 2.12. The van der Waals surface area contributed by atoms with Gasteiger partial charge < -0.3 is 5.73 Å². The number of anilines is 1. The maximum atomic E-state index is 5.73. The van der Waals surface area contributed by atoms with Gasteiger partial charge in [-0.2, -0.15) is 10.2 Å². The van der Waals surface area contributed by atoms with Crippen molar-refractivity contribution >= 4 is 11.6 Å².